The highest BCUT2D eigenvalue weighted by Crippen LogP contribution is 2.32. The van der Waals surface area contributed by atoms with Crippen LogP contribution in [0.25, 0.3) is 22.2 Å². The molecule has 0 fully saturated rings. The van der Waals surface area contributed by atoms with Crippen molar-refractivity contribution >= 4 is 40.0 Å². The fraction of sp³-hybridized carbons (Fsp3) is 0.154. The molecule has 0 spiro atoms. The van der Waals surface area contributed by atoms with Gasteiger partial charge in [0.05, 0.1) is 36.0 Å². The number of hydrogen-bond acceptors (Lipinski definition) is 4. The molecule has 1 amide bonds. The first-order valence-corrected chi connectivity index (χ1v) is 11.1. The van der Waals surface area contributed by atoms with Crippen molar-refractivity contribution in [2.45, 2.75) is 6.42 Å². The minimum atomic E-state index is -0.180. The smallest absolute Gasteiger partial charge is 0.252 e. The molecule has 0 aliphatic rings. The Kier molecular flexibility index (Phi) is 7.02. The number of carbonyl (C=O) groups is 1. The Morgan fingerprint density at radius 2 is 1.73 bits per heavy atom. The fourth-order valence-corrected chi connectivity index (χ4v) is 4.16. The van der Waals surface area contributed by atoms with Gasteiger partial charge in [-0.05, 0) is 54.4 Å². The van der Waals surface area contributed by atoms with Gasteiger partial charge in [0.25, 0.3) is 5.91 Å². The van der Waals surface area contributed by atoms with Crippen LogP contribution in [0.1, 0.15) is 15.9 Å². The highest BCUT2D eigenvalue weighted by Gasteiger charge is 2.15. The first-order chi connectivity index (χ1) is 16.0. The largest absolute Gasteiger partial charge is 0.493 e. The third kappa shape index (κ3) is 5.05. The number of nitrogens with zero attached hydrogens (tertiary/aromatic N) is 1. The summed E-state index contributed by atoms with van der Waals surface area (Å²) >= 11 is 12.4. The Morgan fingerprint density at radius 1 is 0.939 bits per heavy atom. The summed E-state index contributed by atoms with van der Waals surface area (Å²) < 4.78 is 10.6. The number of carbonyl (C=O) groups excluding carboxylic acids is 1. The van der Waals surface area contributed by atoms with E-state index >= 15 is 0 Å². The summed E-state index contributed by atoms with van der Waals surface area (Å²) in [6.45, 7) is 0.460. The van der Waals surface area contributed by atoms with Crippen LogP contribution in [0.5, 0.6) is 11.5 Å². The van der Waals surface area contributed by atoms with Gasteiger partial charge >= 0.3 is 0 Å². The molecular weight excluding hydrogens is 459 g/mol. The summed E-state index contributed by atoms with van der Waals surface area (Å²) in [5.74, 6) is 1.15. The van der Waals surface area contributed by atoms with Gasteiger partial charge in [-0.1, -0.05) is 47.5 Å². The predicted octanol–water partition coefficient (Wildman–Crippen LogP) is 6.20. The normalized spacial score (nSPS) is 10.8. The lowest BCUT2D eigenvalue weighted by Crippen LogP contribution is -2.26. The molecule has 1 aromatic heterocycles. The van der Waals surface area contributed by atoms with Gasteiger partial charge in [0.15, 0.2) is 11.5 Å². The van der Waals surface area contributed by atoms with E-state index in [4.69, 9.17) is 37.7 Å². The number of nitrogens with one attached hydrogen (secondary N) is 1. The van der Waals surface area contributed by atoms with Crippen molar-refractivity contribution in [3.8, 4) is 22.8 Å². The predicted molar refractivity (Wildman–Crippen MR) is 133 cm³/mol. The number of ether oxygens (including phenoxy) is 2. The Labute approximate surface area is 202 Å². The number of amides is 1. The van der Waals surface area contributed by atoms with E-state index < -0.39 is 0 Å². The van der Waals surface area contributed by atoms with Crippen LogP contribution in [-0.2, 0) is 6.42 Å². The molecule has 0 atom stereocenters. The van der Waals surface area contributed by atoms with E-state index in [1.165, 1.54) is 0 Å². The second-order valence-electron chi connectivity index (χ2n) is 7.39. The standard InChI is InChI=1S/C26H22Cl2N2O3/c1-32-24-10-7-16(13-25(24)33-2)11-12-29-26(31)20-15-23(19-9-8-17(27)14-21(19)28)30-22-6-4-3-5-18(20)22/h3-10,13-15H,11-12H2,1-2H3,(H,29,31). The molecular formula is C26H22Cl2N2O3. The minimum Gasteiger partial charge on any atom is -0.493 e. The van der Waals surface area contributed by atoms with E-state index in [1.54, 1.807) is 38.5 Å². The highest BCUT2D eigenvalue weighted by atomic mass is 35.5. The molecule has 1 heterocycles. The second kappa shape index (κ2) is 10.1. The lowest BCUT2D eigenvalue weighted by Gasteiger charge is -2.12. The molecule has 1 N–H and O–H groups in total. The molecule has 4 aromatic rings. The number of rotatable bonds is 7. The van der Waals surface area contributed by atoms with Crippen LogP contribution in [0.3, 0.4) is 0 Å². The van der Waals surface area contributed by atoms with E-state index in [1.807, 2.05) is 42.5 Å². The number of pyridine rings is 1. The van der Waals surface area contributed by atoms with Crippen LogP contribution < -0.4 is 14.8 Å². The van der Waals surface area contributed by atoms with E-state index in [9.17, 15) is 4.79 Å². The first-order valence-electron chi connectivity index (χ1n) is 10.3. The van der Waals surface area contributed by atoms with Gasteiger partial charge < -0.3 is 14.8 Å². The van der Waals surface area contributed by atoms with Crippen LogP contribution in [0.4, 0.5) is 0 Å². The maximum atomic E-state index is 13.2. The average Bonchev–Trinajstić information content (AvgIpc) is 2.83. The van der Waals surface area contributed by atoms with E-state index in [2.05, 4.69) is 5.32 Å². The van der Waals surface area contributed by atoms with Crippen molar-refractivity contribution in [3.63, 3.8) is 0 Å². The number of halogens is 2. The number of aromatic nitrogens is 1. The lowest BCUT2D eigenvalue weighted by molar-refractivity contribution is 0.0955. The van der Waals surface area contributed by atoms with Crippen molar-refractivity contribution in [3.05, 3.63) is 87.9 Å². The average molecular weight is 481 g/mol. The number of benzene rings is 3. The lowest BCUT2D eigenvalue weighted by atomic mass is 10.0. The molecule has 0 saturated heterocycles. The molecule has 0 saturated carbocycles. The van der Waals surface area contributed by atoms with Crippen molar-refractivity contribution < 1.29 is 14.3 Å². The van der Waals surface area contributed by atoms with Crippen molar-refractivity contribution in [1.82, 2.24) is 10.3 Å². The summed E-state index contributed by atoms with van der Waals surface area (Å²) in [5, 5.41) is 4.80. The maximum absolute atomic E-state index is 13.2. The summed E-state index contributed by atoms with van der Waals surface area (Å²) in [6, 6.07) is 20.3. The van der Waals surface area contributed by atoms with Crippen molar-refractivity contribution in [1.29, 1.82) is 0 Å². The molecule has 4 rings (SSSR count). The van der Waals surface area contributed by atoms with Gasteiger partial charge in [-0.15, -0.1) is 0 Å². The number of hydrogen-bond donors (Lipinski definition) is 1. The quantitative estimate of drug-likeness (QED) is 0.342. The Bertz CT molecular complexity index is 1320. The maximum Gasteiger partial charge on any atom is 0.252 e. The van der Waals surface area contributed by atoms with E-state index in [0.29, 0.717) is 56.8 Å². The summed E-state index contributed by atoms with van der Waals surface area (Å²) in [4.78, 5) is 17.9. The van der Waals surface area contributed by atoms with Crippen LogP contribution in [-0.4, -0.2) is 31.7 Å². The zero-order valence-corrected chi connectivity index (χ0v) is 19.7. The monoisotopic (exact) mass is 480 g/mol. The Hall–Kier alpha value is -3.28. The fourth-order valence-electron chi connectivity index (χ4n) is 3.65. The molecule has 0 unspecified atom stereocenters. The van der Waals surface area contributed by atoms with Crippen LogP contribution >= 0.6 is 23.2 Å². The molecule has 33 heavy (non-hydrogen) atoms. The third-order valence-corrected chi connectivity index (χ3v) is 5.86. The number of para-hydroxylation sites is 1. The topological polar surface area (TPSA) is 60.5 Å². The number of fused-ring (bicyclic) bond motifs is 1. The van der Waals surface area contributed by atoms with Crippen molar-refractivity contribution in [2.75, 3.05) is 20.8 Å². The SMILES string of the molecule is COc1ccc(CCNC(=O)c2cc(-c3ccc(Cl)cc3Cl)nc3ccccc23)cc1OC. The van der Waals surface area contributed by atoms with Gasteiger partial charge in [0.2, 0.25) is 0 Å². The zero-order chi connectivity index (χ0) is 23.4. The summed E-state index contributed by atoms with van der Waals surface area (Å²) in [7, 11) is 3.20. The highest BCUT2D eigenvalue weighted by molar-refractivity contribution is 6.36. The molecule has 7 heteroatoms. The molecule has 3 aromatic carbocycles. The Balaban J connectivity index is 1.59. The summed E-state index contributed by atoms with van der Waals surface area (Å²) in [5.41, 5.74) is 3.60. The van der Waals surface area contributed by atoms with Crippen LogP contribution in [0, 0.1) is 0 Å². The number of methoxy groups -OCH3 is 2. The van der Waals surface area contributed by atoms with Gasteiger partial charge in [0.1, 0.15) is 0 Å². The first kappa shape index (κ1) is 22.9. The molecule has 0 radical (unpaired) electrons. The molecule has 168 valence electrons. The molecule has 0 bridgehead atoms. The molecule has 0 aliphatic carbocycles. The van der Waals surface area contributed by atoms with Gasteiger partial charge in [-0.25, -0.2) is 4.98 Å². The molecule has 5 nitrogen and oxygen atoms in total. The van der Waals surface area contributed by atoms with Crippen molar-refractivity contribution in [2.24, 2.45) is 0 Å². The summed E-state index contributed by atoms with van der Waals surface area (Å²) in [6.07, 6.45) is 0.644. The van der Waals surface area contributed by atoms with Gasteiger partial charge in [0, 0.05) is 22.5 Å². The van der Waals surface area contributed by atoms with Gasteiger partial charge in [-0.2, -0.15) is 0 Å². The third-order valence-electron chi connectivity index (χ3n) is 5.32. The molecule has 0 aliphatic heterocycles. The second-order valence-corrected chi connectivity index (χ2v) is 8.24. The van der Waals surface area contributed by atoms with E-state index in [-0.39, 0.29) is 5.91 Å². The van der Waals surface area contributed by atoms with Gasteiger partial charge in [-0.3, -0.25) is 4.79 Å². The van der Waals surface area contributed by atoms with Crippen LogP contribution in [0.15, 0.2) is 66.7 Å². The minimum absolute atomic E-state index is 0.180. The Morgan fingerprint density at radius 3 is 2.48 bits per heavy atom. The van der Waals surface area contributed by atoms with E-state index in [0.717, 1.165) is 10.9 Å². The van der Waals surface area contributed by atoms with Crippen LogP contribution in [0.2, 0.25) is 10.0 Å². The zero-order valence-electron chi connectivity index (χ0n) is 18.2.